The molecule has 0 saturated carbocycles. The van der Waals surface area contributed by atoms with Gasteiger partial charge in [0.05, 0.1) is 12.7 Å². The number of carbonyl (C=O) groups is 2. The summed E-state index contributed by atoms with van der Waals surface area (Å²) in [6.45, 7) is 9.33. The van der Waals surface area contributed by atoms with Crippen molar-refractivity contribution in [2.24, 2.45) is 0 Å². The molecule has 0 spiro atoms. The van der Waals surface area contributed by atoms with Gasteiger partial charge in [-0.1, -0.05) is 17.7 Å². The average molecular weight is 446 g/mol. The molecule has 0 radical (unpaired) electrons. The molecular formula is C27H27NO5. The molecular weight excluding hydrogens is 418 g/mol. The number of furan rings is 1. The summed E-state index contributed by atoms with van der Waals surface area (Å²) in [6, 6.07) is 11.9. The summed E-state index contributed by atoms with van der Waals surface area (Å²) in [5.74, 6) is 0.0505. The van der Waals surface area contributed by atoms with Gasteiger partial charge in [0.1, 0.15) is 29.1 Å². The number of anilines is 1. The zero-order valence-corrected chi connectivity index (χ0v) is 19.6. The number of ketones is 1. The van der Waals surface area contributed by atoms with Crippen molar-refractivity contribution >= 4 is 23.1 Å². The number of nitrogens with zero attached hydrogens (tertiary/aromatic N) is 1. The zero-order chi connectivity index (χ0) is 24.0. The summed E-state index contributed by atoms with van der Waals surface area (Å²) < 4.78 is 11.2. The van der Waals surface area contributed by atoms with Gasteiger partial charge in [-0.3, -0.25) is 14.5 Å². The highest BCUT2D eigenvalue weighted by molar-refractivity contribution is 6.51. The molecule has 6 nitrogen and oxygen atoms in total. The Morgan fingerprint density at radius 2 is 1.67 bits per heavy atom. The van der Waals surface area contributed by atoms with Gasteiger partial charge in [-0.15, -0.1) is 0 Å². The van der Waals surface area contributed by atoms with E-state index in [2.05, 4.69) is 0 Å². The van der Waals surface area contributed by atoms with Gasteiger partial charge in [0.2, 0.25) is 0 Å². The minimum atomic E-state index is -0.887. The van der Waals surface area contributed by atoms with Crippen LogP contribution in [0.3, 0.4) is 0 Å². The van der Waals surface area contributed by atoms with Crippen LogP contribution in [-0.2, 0) is 9.59 Å². The highest BCUT2D eigenvalue weighted by Gasteiger charge is 2.48. The highest BCUT2D eigenvalue weighted by Crippen LogP contribution is 2.44. The second-order valence-electron chi connectivity index (χ2n) is 8.54. The Morgan fingerprint density at radius 1 is 0.939 bits per heavy atom. The summed E-state index contributed by atoms with van der Waals surface area (Å²) in [6.07, 6.45) is 0. The third-order valence-electron chi connectivity index (χ3n) is 6.08. The van der Waals surface area contributed by atoms with Gasteiger partial charge in [-0.05, 0) is 81.6 Å². The minimum absolute atomic E-state index is 0.00184. The predicted molar refractivity (Wildman–Crippen MR) is 127 cm³/mol. The third kappa shape index (κ3) is 3.71. The molecule has 3 aromatic rings. The number of hydrogen-bond acceptors (Lipinski definition) is 5. The molecule has 1 aliphatic heterocycles. The number of hydrogen-bond donors (Lipinski definition) is 1. The smallest absolute Gasteiger partial charge is 0.300 e. The largest absolute Gasteiger partial charge is 0.507 e. The van der Waals surface area contributed by atoms with Crippen molar-refractivity contribution in [3.63, 3.8) is 0 Å². The minimum Gasteiger partial charge on any atom is -0.507 e. The number of methoxy groups -OCH3 is 1. The second-order valence-corrected chi connectivity index (χ2v) is 8.54. The van der Waals surface area contributed by atoms with Crippen LogP contribution in [0.25, 0.3) is 5.76 Å². The monoisotopic (exact) mass is 445 g/mol. The van der Waals surface area contributed by atoms with E-state index in [1.54, 1.807) is 38.3 Å². The summed E-state index contributed by atoms with van der Waals surface area (Å²) >= 11 is 0. The molecule has 0 bridgehead atoms. The van der Waals surface area contributed by atoms with Crippen LogP contribution in [0, 0.1) is 34.6 Å². The fourth-order valence-corrected chi connectivity index (χ4v) is 4.44. The number of benzene rings is 2. The van der Waals surface area contributed by atoms with Gasteiger partial charge in [-0.25, -0.2) is 0 Å². The Labute approximate surface area is 193 Å². The molecule has 1 unspecified atom stereocenters. The third-order valence-corrected chi connectivity index (χ3v) is 6.08. The molecule has 4 rings (SSSR count). The van der Waals surface area contributed by atoms with Gasteiger partial charge < -0.3 is 14.3 Å². The Kier molecular flexibility index (Phi) is 5.62. The Morgan fingerprint density at radius 3 is 2.27 bits per heavy atom. The Balaban J connectivity index is 1.98. The highest BCUT2D eigenvalue weighted by atomic mass is 16.5. The summed E-state index contributed by atoms with van der Waals surface area (Å²) in [7, 11) is 1.58. The fraction of sp³-hybridized carbons (Fsp3) is 0.259. The quantitative estimate of drug-likeness (QED) is 0.328. The number of Topliss-reactive ketones (excluding diaryl/α,β-unsaturated/α-hetero) is 1. The topological polar surface area (TPSA) is 80.0 Å². The molecule has 1 fully saturated rings. The maximum absolute atomic E-state index is 13.3. The predicted octanol–water partition coefficient (Wildman–Crippen LogP) is 5.46. The first-order chi connectivity index (χ1) is 15.6. The molecule has 1 aromatic heterocycles. The van der Waals surface area contributed by atoms with Crippen LogP contribution < -0.4 is 9.64 Å². The maximum Gasteiger partial charge on any atom is 0.300 e. The van der Waals surface area contributed by atoms with Gasteiger partial charge >= 0.3 is 0 Å². The van der Waals surface area contributed by atoms with E-state index in [1.165, 1.54) is 4.90 Å². The normalized spacial score (nSPS) is 17.6. The van der Waals surface area contributed by atoms with Crippen LogP contribution in [0.15, 0.2) is 52.5 Å². The molecule has 1 N–H and O–H groups in total. The second kappa shape index (κ2) is 8.28. The standard InChI is InChI=1S/C27H27NO5/c1-14-7-9-20(16(3)11-14)28-24(21-10-8-18(5)33-21)23(26(30)27(28)31)25(29)19-12-17(4)22(32-6)13-15(19)2/h7-13,24,29H,1-6H3/b25-23+. The van der Waals surface area contributed by atoms with E-state index in [4.69, 9.17) is 9.15 Å². The number of aliphatic hydroxyl groups excluding tert-OH is 1. The SMILES string of the molecule is COc1cc(C)c(/C(O)=C2\C(=O)C(=O)N(c3ccc(C)cc3C)C2c2ccc(C)o2)cc1C. The first-order valence-corrected chi connectivity index (χ1v) is 10.7. The summed E-state index contributed by atoms with van der Waals surface area (Å²) in [4.78, 5) is 28.0. The number of aryl methyl sites for hydroxylation is 5. The first-order valence-electron chi connectivity index (χ1n) is 10.7. The number of ether oxygens (including phenoxy) is 1. The van der Waals surface area contributed by atoms with E-state index in [1.807, 2.05) is 45.9 Å². The van der Waals surface area contributed by atoms with Crippen LogP contribution in [-0.4, -0.2) is 23.9 Å². The van der Waals surface area contributed by atoms with E-state index < -0.39 is 17.7 Å². The number of amides is 1. The maximum atomic E-state index is 13.3. The molecule has 1 atom stereocenters. The van der Waals surface area contributed by atoms with Crippen molar-refractivity contribution in [1.29, 1.82) is 0 Å². The van der Waals surface area contributed by atoms with Crippen LogP contribution in [0.1, 0.15) is 45.4 Å². The Hall–Kier alpha value is -3.80. The summed E-state index contributed by atoms with van der Waals surface area (Å²) in [5.41, 5.74) is 4.50. The van der Waals surface area contributed by atoms with Crippen molar-refractivity contribution in [3.05, 3.63) is 87.4 Å². The van der Waals surface area contributed by atoms with E-state index >= 15 is 0 Å². The number of aliphatic hydroxyl groups is 1. The molecule has 6 heteroatoms. The van der Waals surface area contributed by atoms with Gasteiger partial charge in [0.15, 0.2) is 0 Å². The van der Waals surface area contributed by atoms with Gasteiger partial charge in [0.25, 0.3) is 11.7 Å². The van der Waals surface area contributed by atoms with Crippen LogP contribution in [0.4, 0.5) is 5.69 Å². The first kappa shape index (κ1) is 22.4. The van der Waals surface area contributed by atoms with E-state index in [0.29, 0.717) is 28.5 Å². The van der Waals surface area contributed by atoms with E-state index in [9.17, 15) is 14.7 Å². The van der Waals surface area contributed by atoms with Crippen molar-refractivity contribution < 1.29 is 23.8 Å². The average Bonchev–Trinajstić information content (AvgIpc) is 3.30. The lowest BCUT2D eigenvalue weighted by Crippen LogP contribution is -2.30. The van der Waals surface area contributed by atoms with Gasteiger partial charge in [0, 0.05) is 11.3 Å². The molecule has 2 heterocycles. The molecule has 1 aliphatic rings. The molecule has 1 amide bonds. The Bertz CT molecular complexity index is 1310. The van der Waals surface area contributed by atoms with Crippen molar-refractivity contribution in [2.75, 3.05) is 12.0 Å². The molecule has 2 aromatic carbocycles. The lowest BCUT2D eigenvalue weighted by molar-refractivity contribution is -0.132. The molecule has 170 valence electrons. The van der Waals surface area contributed by atoms with Crippen LogP contribution in [0.2, 0.25) is 0 Å². The zero-order valence-electron chi connectivity index (χ0n) is 19.6. The molecule has 33 heavy (non-hydrogen) atoms. The number of rotatable bonds is 4. The van der Waals surface area contributed by atoms with E-state index in [-0.39, 0.29) is 11.3 Å². The van der Waals surface area contributed by atoms with Crippen LogP contribution in [0.5, 0.6) is 5.75 Å². The fourth-order valence-electron chi connectivity index (χ4n) is 4.44. The van der Waals surface area contributed by atoms with Crippen LogP contribution >= 0.6 is 0 Å². The van der Waals surface area contributed by atoms with Crippen molar-refractivity contribution in [2.45, 2.75) is 40.7 Å². The van der Waals surface area contributed by atoms with Crippen molar-refractivity contribution in [3.8, 4) is 5.75 Å². The lowest BCUT2D eigenvalue weighted by Gasteiger charge is -2.25. The molecule has 0 aliphatic carbocycles. The van der Waals surface area contributed by atoms with Crippen molar-refractivity contribution in [1.82, 2.24) is 0 Å². The lowest BCUT2D eigenvalue weighted by atomic mass is 9.95. The molecule has 1 saturated heterocycles. The van der Waals surface area contributed by atoms with Gasteiger partial charge in [-0.2, -0.15) is 0 Å². The number of carbonyl (C=O) groups excluding carboxylic acids is 2. The van der Waals surface area contributed by atoms with E-state index in [0.717, 1.165) is 22.3 Å². The summed E-state index contributed by atoms with van der Waals surface area (Å²) in [5, 5.41) is 11.4.